The van der Waals surface area contributed by atoms with Crippen molar-refractivity contribution in [3.8, 4) is 5.75 Å². The first-order valence-electron chi connectivity index (χ1n) is 7.86. The molecular weight excluding hydrogens is 354 g/mol. The van der Waals surface area contributed by atoms with Crippen LogP contribution in [-0.4, -0.2) is 5.91 Å². The maximum Gasteiger partial charge on any atom is 0.265 e. The van der Waals surface area contributed by atoms with E-state index in [2.05, 4.69) is 5.32 Å². The third kappa shape index (κ3) is 4.41. The standard InChI is InChI=1S/C20H18ClNO2S/c1-13-5-3-6-16(9-13)24-11-15-10-19(25-12-15)20(23)22-18-8-4-7-17(21)14(18)2/h3-10,12H,11H2,1-2H3,(H,22,23). The molecule has 0 aliphatic carbocycles. The Bertz CT molecular complexity index is 904. The number of aryl methyl sites for hydroxylation is 1. The number of nitrogens with one attached hydrogen (secondary N) is 1. The molecule has 2 aromatic carbocycles. The van der Waals surface area contributed by atoms with Crippen LogP contribution in [0.4, 0.5) is 5.69 Å². The molecule has 0 fully saturated rings. The first kappa shape index (κ1) is 17.5. The van der Waals surface area contributed by atoms with Crippen molar-refractivity contribution >= 4 is 34.5 Å². The van der Waals surface area contributed by atoms with Crippen molar-refractivity contribution in [1.29, 1.82) is 0 Å². The first-order valence-corrected chi connectivity index (χ1v) is 9.12. The zero-order chi connectivity index (χ0) is 17.8. The predicted molar refractivity (Wildman–Crippen MR) is 104 cm³/mol. The second kappa shape index (κ2) is 7.72. The maximum absolute atomic E-state index is 12.4. The van der Waals surface area contributed by atoms with Gasteiger partial charge in [-0.05, 0) is 60.7 Å². The summed E-state index contributed by atoms with van der Waals surface area (Å²) in [5, 5.41) is 5.48. The highest BCUT2D eigenvalue weighted by atomic mass is 35.5. The molecule has 1 N–H and O–H groups in total. The number of hydrogen-bond donors (Lipinski definition) is 1. The van der Waals surface area contributed by atoms with Gasteiger partial charge in [0.1, 0.15) is 12.4 Å². The van der Waals surface area contributed by atoms with Crippen molar-refractivity contribution < 1.29 is 9.53 Å². The van der Waals surface area contributed by atoms with Gasteiger partial charge in [0.2, 0.25) is 0 Å². The van der Waals surface area contributed by atoms with Gasteiger partial charge in [-0.25, -0.2) is 0 Å². The van der Waals surface area contributed by atoms with Crippen molar-refractivity contribution in [3.63, 3.8) is 0 Å². The van der Waals surface area contributed by atoms with E-state index in [9.17, 15) is 4.79 Å². The van der Waals surface area contributed by atoms with Gasteiger partial charge in [-0.3, -0.25) is 4.79 Å². The Labute approximate surface area is 156 Å². The molecule has 3 aromatic rings. The predicted octanol–water partition coefficient (Wildman–Crippen LogP) is 5.85. The van der Waals surface area contributed by atoms with E-state index in [1.54, 1.807) is 6.07 Å². The summed E-state index contributed by atoms with van der Waals surface area (Å²) in [6.07, 6.45) is 0. The summed E-state index contributed by atoms with van der Waals surface area (Å²) in [5.74, 6) is 0.684. The summed E-state index contributed by atoms with van der Waals surface area (Å²) in [5.41, 5.74) is 3.71. The van der Waals surface area contributed by atoms with Crippen LogP contribution in [0.5, 0.6) is 5.75 Å². The second-order valence-electron chi connectivity index (χ2n) is 5.79. The van der Waals surface area contributed by atoms with E-state index in [0.29, 0.717) is 16.5 Å². The monoisotopic (exact) mass is 371 g/mol. The summed E-state index contributed by atoms with van der Waals surface area (Å²) >= 11 is 7.49. The van der Waals surface area contributed by atoms with Gasteiger partial charge in [0, 0.05) is 16.3 Å². The topological polar surface area (TPSA) is 38.3 Å². The van der Waals surface area contributed by atoms with E-state index in [0.717, 1.165) is 28.1 Å². The van der Waals surface area contributed by atoms with E-state index in [1.165, 1.54) is 11.3 Å². The third-order valence-electron chi connectivity index (χ3n) is 3.79. The molecule has 1 heterocycles. The Morgan fingerprint density at radius 2 is 1.96 bits per heavy atom. The Balaban J connectivity index is 1.64. The number of anilines is 1. The van der Waals surface area contributed by atoms with Crippen LogP contribution in [0, 0.1) is 13.8 Å². The number of benzene rings is 2. The molecule has 0 radical (unpaired) electrons. The minimum atomic E-state index is -0.142. The van der Waals surface area contributed by atoms with Crippen molar-refractivity contribution in [1.82, 2.24) is 0 Å². The van der Waals surface area contributed by atoms with Gasteiger partial charge < -0.3 is 10.1 Å². The van der Waals surface area contributed by atoms with Gasteiger partial charge in [0.15, 0.2) is 0 Å². The molecule has 0 spiro atoms. The summed E-state index contributed by atoms with van der Waals surface area (Å²) in [6.45, 7) is 4.34. The van der Waals surface area contributed by atoms with Gasteiger partial charge in [-0.2, -0.15) is 0 Å². The van der Waals surface area contributed by atoms with Crippen LogP contribution < -0.4 is 10.1 Å². The van der Waals surface area contributed by atoms with Crippen molar-refractivity contribution in [2.75, 3.05) is 5.32 Å². The number of ether oxygens (including phenoxy) is 1. The average molecular weight is 372 g/mol. The molecule has 0 atom stereocenters. The zero-order valence-electron chi connectivity index (χ0n) is 14.0. The molecule has 1 amide bonds. The molecule has 1 aromatic heterocycles. The lowest BCUT2D eigenvalue weighted by Crippen LogP contribution is -2.11. The van der Waals surface area contributed by atoms with Crippen LogP contribution in [0.2, 0.25) is 5.02 Å². The molecule has 0 aliphatic heterocycles. The number of rotatable bonds is 5. The van der Waals surface area contributed by atoms with Crippen LogP contribution in [0.3, 0.4) is 0 Å². The van der Waals surface area contributed by atoms with E-state index in [-0.39, 0.29) is 5.91 Å². The van der Waals surface area contributed by atoms with Gasteiger partial charge in [0.25, 0.3) is 5.91 Å². The van der Waals surface area contributed by atoms with Gasteiger partial charge in [-0.15, -0.1) is 11.3 Å². The molecule has 3 nitrogen and oxygen atoms in total. The molecule has 0 aliphatic rings. The lowest BCUT2D eigenvalue weighted by Gasteiger charge is -2.08. The van der Waals surface area contributed by atoms with Gasteiger partial charge in [-0.1, -0.05) is 29.8 Å². The minimum Gasteiger partial charge on any atom is -0.489 e. The molecule has 0 bridgehead atoms. The van der Waals surface area contributed by atoms with E-state index < -0.39 is 0 Å². The van der Waals surface area contributed by atoms with Gasteiger partial charge in [0.05, 0.1) is 4.88 Å². The highest BCUT2D eigenvalue weighted by Crippen LogP contribution is 2.25. The number of carbonyl (C=O) groups is 1. The zero-order valence-corrected chi connectivity index (χ0v) is 15.6. The fourth-order valence-corrected chi connectivity index (χ4v) is 3.34. The molecular formula is C20H18ClNO2S. The van der Waals surface area contributed by atoms with Crippen LogP contribution in [0.25, 0.3) is 0 Å². The molecule has 5 heteroatoms. The lowest BCUT2D eigenvalue weighted by molar-refractivity contribution is 0.103. The average Bonchev–Trinajstić information content (AvgIpc) is 3.06. The van der Waals surface area contributed by atoms with Crippen molar-refractivity contribution in [2.24, 2.45) is 0 Å². The highest BCUT2D eigenvalue weighted by Gasteiger charge is 2.12. The molecule has 0 saturated heterocycles. The normalized spacial score (nSPS) is 10.5. The van der Waals surface area contributed by atoms with Crippen LogP contribution >= 0.6 is 22.9 Å². The molecule has 3 rings (SSSR count). The number of carbonyl (C=O) groups excluding carboxylic acids is 1. The second-order valence-corrected chi connectivity index (χ2v) is 7.11. The Hall–Kier alpha value is -2.30. The molecule has 128 valence electrons. The number of halogens is 1. The van der Waals surface area contributed by atoms with Crippen molar-refractivity contribution in [3.05, 3.63) is 80.5 Å². The highest BCUT2D eigenvalue weighted by molar-refractivity contribution is 7.12. The smallest absolute Gasteiger partial charge is 0.265 e. The maximum atomic E-state index is 12.4. The van der Waals surface area contributed by atoms with E-state index >= 15 is 0 Å². The van der Waals surface area contributed by atoms with Gasteiger partial charge >= 0.3 is 0 Å². The van der Waals surface area contributed by atoms with Crippen molar-refractivity contribution in [2.45, 2.75) is 20.5 Å². The molecule has 25 heavy (non-hydrogen) atoms. The minimum absolute atomic E-state index is 0.142. The first-order chi connectivity index (χ1) is 12.0. The Morgan fingerprint density at radius 3 is 2.76 bits per heavy atom. The van der Waals surface area contributed by atoms with Crippen LogP contribution in [-0.2, 0) is 6.61 Å². The van der Waals surface area contributed by atoms with E-state index in [1.807, 2.05) is 61.7 Å². The fourth-order valence-electron chi connectivity index (χ4n) is 2.37. The van der Waals surface area contributed by atoms with Crippen LogP contribution in [0.1, 0.15) is 26.4 Å². The number of thiophene rings is 1. The molecule has 0 unspecified atom stereocenters. The fraction of sp³-hybridized carbons (Fsp3) is 0.150. The number of amides is 1. The SMILES string of the molecule is Cc1cccc(OCc2csc(C(=O)Nc3cccc(Cl)c3C)c2)c1. The summed E-state index contributed by atoms with van der Waals surface area (Å²) < 4.78 is 5.78. The molecule has 0 saturated carbocycles. The largest absolute Gasteiger partial charge is 0.489 e. The third-order valence-corrected chi connectivity index (χ3v) is 5.18. The quantitative estimate of drug-likeness (QED) is 0.610. The number of hydrogen-bond acceptors (Lipinski definition) is 3. The Kier molecular flexibility index (Phi) is 5.41. The Morgan fingerprint density at radius 1 is 1.16 bits per heavy atom. The lowest BCUT2D eigenvalue weighted by atomic mass is 10.2. The summed E-state index contributed by atoms with van der Waals surface area (Å²) in [6, 6.07) is 15.2. The summed E-state index contributed by atoms with van der Waals surface area (Å²) in [7, 11) is 0. The summed E-state index contributed by atoms with van der Waals surface area (Å²) in [4.78, 5) is 13.1. The van der Waals surface area contributed by atoms with Crippen LogP contribution in [0.15, 0.2) is 53.9 Å². The van der Waals surface area contributed by atoms with E-state index in [4.69, 9.17) is 16.3 Å².